The first-order chi connectivity index (χ1) is 14.7. The van der Waals surface area contributed by atoms with Crippen LogP contribution in [0.2, 0.25) is 0 Å². The van der Waals surface area contributed by atoms with Crippen LogP contribution in [-0.4, -0.2) is 0 Å². The van der Waals surface area contributed by atoms with Crippen molar-refractivity contribution in [2.75, 3.05) is 0 Å². The Morgan fingerprint density at radius 2 is 0.933 bits per heavy atom. The lowest BCUT2D eigenvalue weighted by atomic mass is 9.95. The Kier molecular flexibility index (Phi) is 6.25. The molecule has 30 heavy (non-hydrogen) atoms. The molecule has 0 heterocycles. The van der Waals surface area contributed by atoms with E-state index < -0.39 is 7.29 Å². The summed E-state index contributed by atoms with van der Waals surface area (Å²) in [6.07, 6.45) is 0. The molecule has 0 unspecified atom stereocenters. The minimum Gasteiger partial charge on any atom is -0.322 e. The van der Waals surface area contributed by atoms with Crippen molar-refractivity contribution in [3.63, 3.8) is 0 Å². The van der Waals surface area contributed by atoms with Crippen molar-refractivity contribution in [1.82, 2.24) is 5.09 Å². The second-order valence-corrected chi connectivity index (χ2v) is 9.74. The molecule has 0 saturated heterocycles. The summed E-state index contributed by atoms with van der Waals surface area (Å²) >= 11 is 0. The van der Waals surface area contributed by atoms with Gasteiger partial charge in [-0.15, -0.1) is 0 Å². The quantitative estimate of drug-likeness (QED) is 0.423. The van der Waals surface area contributed by atoms with E-state index in [0.29, 0.717) is 0 Å². The molecule has 3 N–H and O–H groups in total. The highest BCUT2D eigenvalue weighted by Crippen LogP contribution is 2.44. The van der Waals surface area contributed by atoms with E-state index in [2.05, 4.69) is 5.09 Å². The van der Waals surface area contributed by atoms with Crippen LogP contribution in [0.4, 0.5) is 0 Å². The van der Waals surface area contributed by atoms with E-state index in [9.17, 15) is 4.57 Å². The first kappa shape index (κ1) is 20.3. The van der Waals surface area contributed by atoms with E-state index in [1.54, 1.807) is 0 Å². The zero-order chi connectivity index (χ0) is 20.8. The maximum absolute atomic E-state index is 14.6. The van der Waals surface area contributed by atoms with Crippen LogP contribution in [0.5, 0.6) is 0 Å². The highest BCUT2D eigenvalue weighted by atomic mass is 31.2. The number of hydrogen-bond acceptors (Lipinski definition) is 2. The van der Waals surface area contributed by atoms with Gasteiger partial charge in [0.05, 0.1) is 6.04 Å². The van der Waals surface area contributed by atoms with Crippen LogP contribution in [-0.2, 0) is 4.57 Å². The second-order valence-electron chi connectivity index (χ2n) is 7.23. The third-order valence-electron chi connectivity index (χ3n) is 5.26. The maximum atomic E-state index is 14.6. The summed E-state index contributed by atoms with van der Waals surface area (Å²) < 4.78 is 14.6. The zero-order valence-corrected chi connectivity index (χ0v) is 17.5. The molecule has 0 radical (unpaired) electrons. The Balaban J connectivity index is 1.82. The maximum Gasteiger partial charge on any atom is 0.205 e. The van der Waals surface area contributed by atoms with Crippen LogP contribution in [0, 0.1) is 0 Å². The molecule has 150 valence electrons. The molecule has 0 aliphatic heterocycles. The van der Waals surface area contributed by atoms with Gasteiger partial charge < -0.3 is 5.73 Å². The molecule has 4 rings (SSSR count). The molecule has 0 bridgehead atoms. The van der Waals surface area contributed by atoms with E-state index in [4.69, 9.17) is 5.73 Å². The van der Waals surface area contributed by atoms with Gasteiger partial charge in [0.15, 0.2) is 0 Å². The summed E-state index contributed by atoms with van der Waals surface area (Å²) in [6, 6.07) is 38.4. The molecule has 0 amide bonds. The molecule has 0 fully saturated rings. The van der Waals surface area contributed by atoms with Crippen molar-refractivity contribution in [2.45, 2.75) is 12.1 Å². The smallest absolute Gasteiger partial charge is 0.205 e. The SMILES string of the molecule is N[C@H](c1ccccc1)[C@H](NP(=O)(c1ccccc1)c1ccccc1)c1ccccc1. The highest BCUT2D eigenvalue weighted by Gasteiger charge is 2.33. The van der Waals surface area contributed by atoms with Crippen molar-refractivity contribution in [3.8, 4) is 0 Å². The van der Waals surface area contributed by atoms with Crippen molar-refractivity contribution in [1.29, 1.82) is 0 Å². The topological polar surface area (TPSA) is 55.1 Å². The summed E-state index contributed by atoms with van der Waals surface area (Å²) in [5.74, 6) is 0. The van der Waals surface area contributed by atoms with Gasteiger partial charge in [-0.05, 0) is 35.4 Å². The fraction of sp³-hybridized carbons (Fsp3) is 0.0769. The molecule has 4 aromatic rings. The van der Waals surface area contributed by atoms with Crippen LogP contribution in [0.25, 0.3) is 0 Å². The van der Waals surface area contributed by atoms with Crippen LogP contribution >= 0.6 is 7.29 Å². The van der Waals surface area contributed by atoms with E-state index in [-0.39, 0.29) is 12.1 Å². The normalized spacial score (nSPS) is 13.5. The molecule has 3 nitrogen and oxygen atoms in total. The minimum atomic E-state index is -3.15. The third kappa shape index (κ3) is 4.29. The van der Waals surface area contributed by atoms with Crippen LogP contribution in [0.3, 0.4) is 0 Å². The molecular formula is C26H25N2OP. The first-order valence-electron chi connectivity index (χ1n) is 10.0. The molecule has 0 spiro atoms. The molecule has 2 atom stereocenters. The lowest BCUT2D eigenvalue weighted by Crippen LogP contribution is -2.36. The third-order valence-corrected chi connectivity index (χ3v) is 7.96. The standard InChI is InChI=1S/C26H25N2OP/c27-25(21-13-5-1-6-14-21)26(22-15-7-2-8-16-22)28-30(29,23-17-9-3-10-18-23)24-19-11-4-12-20-24/h1-20,25-26H,27H2,(H,28,29)/t25-,26-/m1/s1. The number of nitrogens with one attached hydrogen (secondary N) is 1. The van der Waals surface area contributed by atoms with Gasteiger partial charge in [-0.2, -0.15) is 0 Å². The largest absolute Gasteiger partial charge is 0.322 e. The van der Waals surface area contributed by atoms with Gasteiger partial charge >= 0.3 is 0 Å². The fourth-order valence-corrected chi connectivity index (χ4v) is 6.14. The summed E-state index contributed by atoms with van der Waals surface area (Å²) in [6.45, 7) is 0. The monoisotopic (exact) mass is 412 g/mol. The average molecular weight is 412 g/mol. The Hall–Kier alpha value is -2.97. The molecule has 0 aliphatic carbocycles. The van der Waals surface area contributed by atoms with Crippen molar-refractivity contribution in [3.05, 3.63) is 132 Å². The zero-order valence-electron chi connectivity index (χ0n) is 16.6. The van der Waals surface area contributed by atoms with Crippen LogP contribution in [0.15, 0.2) is 121 Å². The number of hydrogen-bond donors (Lipinski definition) is 2. The predicted molar refractivity (Wildman–Crippen MR) is 125 cm³/mol. The Morgan fingerprint density at radius 1 is 0.567 bits per heavy atom. The van der Waals surface area contributed by atoms with Gasteiger partial charge in [-0.25, -0.2) is 0 Å². The van der Waals surface area contributed by atoms with E-state index in [1.807, 2.05) is 121 Å². The first-order valence-corrected chi connectivity index (χ1v) is 11.7. The molecule has 0 aliphatic rings. The van der Waals surface area contributed by atoms with Gasteiger partial charge in [-0.1, -0.05) is 97.1 Å². The summed E-state index contributed by atoms with van der Waals surface area (Å²) in [5.41, 5.74) is 8.74. The van der Waals surface area contributed by atoms with Crippen molar-refractivity contribution >= 4 is 17.9 Å². The molecule has 0 aromatic heterocycles. The second kappa shape index (κ2) is 9.23. The van der Waals surface area contributed by atoms with Gasteiger partial charge in [-0.3, -0.25) is 9.65 Å². The van der Waals surface area contributed by atoms with Crippen LogP contribution in [0.1, 0.15) is 23.2 Å². The van der Waals surface area contributed by atoms with Gasteiger partial charge in [0.2, 0.25) is 7.29 Å². The number of nitrogens with two attached hydrogens (primary N) is 1. The molecule has 4 aromatic carbocycles. The fourth-order valence-electron chi connectivity index (χ4n) is 3.66. The van der Waals surface area contributed by atoms with Gasteiger partial charge in [0.25, 0.3) is 0 Å². The Morgan fingerprint density at radius 3 is 1.37 bits per heavy atom. The summed E-state index contributed by atoms with van der Waals surface area (Å²) in [4.78, 5) is 0. The summed E-state index contributed by atoms with van der Waals surface area (Å²) in [7, 11) is -3.15. The van der Waals surface area contributed by atoms with E-state index >= 15 is 0 Å². The molecular weight excluding hydrogens is 387 g/mol. The summed E-state index contributed by atoms with van der Waals surface area (Å²) in [5, 5.41) is 5.03. The Bertz CT molecular complexity index is 1060. The van der Waals surface area contributed by atoms with E-state index in [1.165, 1.54) is 0 Å². The predicted octanol–water partition coefficient (Wildman–Crippen LogP) is 4.95. The lowest BCUT2D eigenvalue weighted by Gasteiger charge is -2.31. The molecule has 4 heteroatoms. The Labute approximate surface area is 178 Å². The highest BCUT2D eigenvalue weighted by molar-refractivity contribution is 7.76. The molecule has 0 saturated carbocycles. The van der Waals surface area contributed by atoms with Gasteiger partial charge in [0, 0.05) is 16.7 Å². The van der Waals surface area contributed by atoms with Gasteiger partial charge in [0.1, 0.15) is 0 Å². The number of benzene rings is 4. The minimum absolute atomic E-state index is 0.333. The van der Waals surface area contributed by atoms with Crippen molar-refractivity contribution in [2.24, 2.45) is 5.73 Å². The average Bonchev–Trinajstić information content (AvgIpc) is 2.84. The van der Waals surface area contributed by atoms with Crippen molar-refractivity contribution < 1.29 is 4.57 Å². The van der Waals surface area contributed by atoms with Crippen LogP contribution < -0.4 is 21.4 Å². The number of rotatable bonds is 7. The lowest BCUT2D eigenvalue weighted by molar-refractivity contribution is 0.511. The van der Waals surface area contributed by atoms with E-state index in [0.717, 1.165) is 21.7 Å².